The molecule has 1 unspecified atom stereocenters. The van der Waals surface area contributed by atoms with Crippen molar-refractivity contribution in [2.45, 2.75) is 12.2 Å². The van der Waals surface area contributed by atoms with Gasteiger partial charge in [-0.25, -0.2) is 4.39 Å². The molecule has 0 aliphatic carbocycles. The fourth-order valence-electron chi connectivity index (χ4n) is 1.83. The summed E-state index contributed by atoms with van der Waals surface area (Å²) >= 11 is 5.16. The van der Waals surface area contributed by atoms with E-state index in [0.717, 1.165) is 18.8 Å². The van der Waals surface area contributed by atoms with Gasteiger partial charge in [0.2, 0.25) is 0 Å². The maximum absolute atomic E-state index is 13.2. The van der Waals surface area contributed by atoms with Gasteiger partial charge in [-0.05, 0) is 34.1 Å². The average Bonchev–Trinajstić information content (AvgIpc) is 2.31. The van der Waals surface area contributed by atoms with E-state index in [1.807, 2.05) is 11.8 Å². The highest BCUT2D eigenvalue weighted by Gasteiger charge is 2.23. The Morgan fingerprint density at radius 2 is 2.35 bits per heavy atom. The van der Waals surface area contributed by atoms with Crippen LogP contribution < -0.4 is 0 Å². The van der Waals surface area contributed by atoms with E-state index in [1.54, 1.807) is 11.0 Å². The van der Waals surface area contributed by atoms with E-state index in [-0.39, 0.29) is 11.7 Å². The van der Waals surface area contributed by atoms with Gasteiger partial charge in [-0.3, -0.25) is 4.79 Å². The molecule has 1 saturated heterocycles. The molecule has 5 heteroatoms. The minimum atomic E-state index is -0.379. The van der Waals surface area contributed by atoms with Crippen LogP contribution in [-0.2, 0) is 0 Å². The van der Waals surface area contributed by atoms with Gasteiger partial charge in [0.1, 0.15) is 5.82 Å². The molecule has 0 N–H and O–H groups in total. The first-order valence-electron chi connectivity index (χ1n) is 5.44. The monoisotopic (exact) mass is 317 g/mol. The van der Waals surface area contributed by atoms with Gasteiger partial charge in [0, 0.05) is 28.6 Å². The molecule has 0 radical (unpaired) electrons. The molecule has 1 aliphatic rings. The number of rotatable bonds is 1. The van der Waals surface area contributed by atoms with Gasteiger partial charge in [0.25, 0.3) is 5.91 Å². The molecule has 2 nitrogen and oxygen atoms in total. The van der Waals surface area contributed by atoms with Crippen LogP contribution in [0, 0.1) is 5.82 Å². The molecule has 92 valence electrons. The first-order valence-corrected chi connectivity index (χ1v) is 7.28. The molecular formula is C12H13BrFNOS. The Balaban J connectivity index is 2.21. The van der Waals surface area contributed by atoms with Crippen molar-refractivity contribution < 1.29 is 9.18 Å². The van der Waals surface area contributed by atoms with Gasteiger partial charge < -0.3 is 4.90 Å². The van der Waals surface area contributed by atoms with E-state index in [0.29, 0.717) is 15.3 Å². The third-order valence-electron chi connectivity index (χ3n) is 2.69. The minimum absolute atomic E-state index is 0.0940. The zero-order valence-corrected chi connectivity index (χ0v) is 11.9. The summed E-state index contributed by atoms with van der Waals surface area (Å²) in [6, 6.07) is 4.21. The summed E-state index contributed by atoms with van der Waals surface area (Å²) in [6.07, 6.45) is 0. The number of hydrogen-bond donors (Lipinski definition) is 0. The highest BCUT2D eigenvalue weighted by molar-refractivity contribution is 9.10. The highest BCUT2D eigenvalue weighted by atomic mass is 79.9. The molecule has 1 aromatic rings. The number of hydrogen-bond acceptors (Lipinski definition) is 2. The molecule has 0 spiro atoms. The van der Waals surface area contributed by atoms with Gasteiger partial charge in [-0.2, -0.15) is 11.8 Å². The van der Waals surface area contributed by atoms with E-state index in [9.17, 15) is 9.18 Å². The zero-order valence-electron chi connectivity index (χ0n) is 9.45. The molecule has 1 amide bonds. The van der Waals surface area contributed by atoms with Crippen LogP contribution in [0.1, 0.15) is 17.3 Å². The van der Waals surface area contributed by atoms with Crippen molar-refractivity contribution in [3.63, 3.8) is 0 Å². The van der Waals surface area contributed by atoms with Crippen molar-refractivity contribution >= 4 is 33.6 Å². The van der Waals surface area contributed by atoms with Crippen LogP contribution in [0.15, 0.2) is 22.7 Å². The number of thioether (sulfide) groups is 1. The Bertz CT molecular complexity index is 441. The second kappa shape index (κ2) is 5.40. The highest BCUT2D eigenvalue weighted by Crippen LogP contribution is 2.23. The van der Waals surface area contributed by atoms with E-state index in [4.69, 9.17) is 0 Å². The summed E-state index contributed by atoms with van der Waals surface area (Å²) in [5, 5.41) is 0.444. The SMILES string of the molecule is CC1CN(C(=O)c2cc(F)ccc2Br)CCS1. The largest absolute Gasteiger partial charge is 0.337 e. The fourth-order valence-corrected chi connectivity index (χ4v) is 3.26. The molecule has 1 heterocycles. The summed E-state index contributed by atoms with van der Waals surface area (Å²) in [6.45, 7) is 3.56. The fraction of sp³-hybridized carbons (Fsp3) is 0.417. The molecule has 1 atom stereocenters. The van der Waals surface area contributed by atoms with E-state index >= 15 is 0 Å². The Kier molecular flexibility index (Phi) is 4.09. The minimum Gasteiger partial charge on any atom is -0.337 e. The lowest BCUT2D eigenvalue weighted by molar-refractivity contribution is 0.0761. The number of benzene rings is 1. The Hall–Kier alpha value is -0.550. The van der Waals surface area contributed by atoms with Crippen LogP contribution in [0.2, 0.25) is 0 Å². The van der Waals surface area contributed by atoms with E-state index < -0.39 is 0 Å². The van der Waals surface area contributed by atoms with Crippen molar-refractivity contribution in [2.24, 2.45) is 0 Å². The summed E-state index contributed by atoms with van der Waals surface area (Å²) < 4.78 is 13.8. The van der Waals surface area contributed by atoms with Crippen molar-refractivity contribution in [3.8, 4) is 0 Å². The zero-order chi connectivity index (χ0) is 12.4. The van der Waals surface area contributed by atoms with Crippen LogP contribution in [0.3, 0.4) is 0 Å². The number of nitrogens with zero attached hydrogens (tertiary/aromatic N) is 1. The normalized spacial score (nSPS) is 20.4. The molecule has 1 fully saturated rings. The van der Waals surface area contributed by atoms with Crippen LogP contribution in [0.25, 0.3) is 0 Å². The lowest BCUT2D eigenvalue weighted by Crippen LogP contribution is -2.41. The van der Waals surface area contributed by atoms with Crippen LogP contribution >= 0.6 is 27.7 Å². The Labute approximate surface area is 113 Å². The lowest BCUT2D eigenvalue weighted by atomic mass is 10.2. The summed E-state index contributed by atoms with van der Waals surface area (Å²) in [5.41, 5.74) is 0.407. The lowest BCUT2D eigenvalue weighted by Gasteiger charge is -2.30. The third kappa shape index (κ3) is 3.01. The van der Waals surface area contributed by atoms with Crippen LogP contribution in [0.4, 0.5) is 4.39 Å². The van der Waals surface area contributed by atoms with Crippen LogP contribution in [-0.4, -0.2) is 34.9 Å². The molecule has 1 aromatic carbocycles. The van der Waals surface area contributed by atoms with E-state index in [1.165, 1.54) is 12.1 Å². The number of carbonyl (C=O) groups excluding carboxylic acids is 1. The second-order valence-electron chi connectivity index (χ2n) is 4.06. The summed E-state index contributed by atoms with van der Waals surface area (Å²) in [4.78, 5) is 14.0. The van der Waals surface area contributed by atoms with Gasteiger partial charge in [0.15, 0.2) is 0 Å². The molecule has 1 aliphatic heterocycles. The Morgan fingerprint density at radius 3 is 3.06 bits per heavy atom. The Morgan fingerprint density at radius 1 is 1.59 bits per heavy atom. The standard InChI is InChI=1S/C12H13BrFNOS/c1-8-7-15(4-5-17-8)12(16)10-6-9(14)2-3-11(10)13/h2-3,6,8H,4-5,7H2,1H3. The van der Waals surface area contributed by atoms with Crippen LogP contribution in [0.5, 0.6) is 0 Å². The predicted octanol–water partition coefficient (Wildman–Crippen LogP) is 3.17. The molecular weight excluding hydrogens is 305 g/mol. The van der Waals surface area contributed by atoms with Crippen molar-refractivity contribution in [1.29, 1.82) is 0 Å². The quantitative estimate of drug-likeness (QED) is 0.793. The number of carbonyl (C=O) groups is 1. The van der Waals surface area contributed by atoms with Gasteiger partial charge in [0.05, 0.1) is 5.56 Å². The van der Waals surface area contributed by atoms with Crippen molar-refractivity contribution in [2.75, 3.05) is 18.8 Å². The molecule has 0 aromatic heterocycles. The number of amides is 1. The van der Waals surface area contributed by atoms with Gasteiger partial charge in [-0.15, -0.1) is 0 Å². The van der Waals surface area contributed by atoms with Crippen molar-refractivity contribution in [1.82, 2.24) is 4.90 Å². The van der Waals surface area contributed by atoms with Gasteiger partial charge in [-0.1, -0.05) is 6.92 Å². The topological polar surface area (TPSA) is 20.3 Å². The van der Waals surface area contributed by atoms with E-state index in [2.05, 4.69) is 22.9 Å². The maximum Gasteiger partial charge on any atom is 0.255 e. The molecule has 17 heavy (non-hydrogen) atoms. The maximum atomic E-state index is 13.2. The predicted molar refractivity (Wildman–Crippen MR) is 71.9 cm³/mol. The first-order chi connectivity index (χ1) is 8.08. The molecule has 0 saturated carbocycles. The summed E-state index contributed by atoms with van der Waals surface area (Å²) in [5.74, 6) is 0.472. The average molecular weight is 318 g/mol. The molecule has 0 bridgehead atoms. The number of halogens is 2. The molecule has 2 rings (SSSR count). The smallest absolute Gasteiger partial charge is 0.255 e. The summed E-state index contributed by atoms with van der Waals surface area (Å²) in [7, 11) is 0. The van der Waals surface area contributed by atoms with Gasteiger partial charge >= 0.3 is 0 Å². The second-order valence-corrected chi connectivity index (χ2v) is 6.46. The third-order valence-corrected chi connectivity index (χ3v) is 4.51. The first kappa shape index (κ1) is 12.9. The van der Waals surface area contributed by atoms with Crippen molar-refractivity contribution in [3.05, 3.63) is 34.1 Å².